The maximum Gasteiger partial charge on any atom is 0.334 e. The van der Waals surface area contributed by atoms with Crippen LogP contribution in [0.25, 0.3) is 0 Å². The number of carbonyl (C=O) groups excluding carboxylic acids is 1. The second kappa shape index (κ2) is 5.43. The molecule has 0 unspecified atom stereocenters. The van der Waals surface area contributed by atoms with Crippen molar-refractivity contribution in [3.8, 4) is 0 Å². The molecule has 1 aliphatic rings. The molecule has 0 aromatic heterocycles. The Kier molecular flexibility index (Phi) is 4.50. The Morgan fingerprint density at radius 1 is 1.38 bits per heavy atom. The quantitative estimate of drug-likeness (QED) is 0.553. The number of hydrogen-bond acceptors (Lipinski definition) is 2. The normalized spacial score (nSPS) is 20.0. The smallest absolute Gasteiger partial charge is 0.334 e. The van der Waals surface area contributed by atoms with Gasteiger partial charge in [-0.05, 0) is 23.7 Å². The average Bonchev–Trinajstić information content (AvgIpc) is 2.20. The van der Waals surface area contributed by atoms with Gasteiger partial charge in [0.2, 0.25) is 0 Å². The summed E-state index contributed by atoms with van der Waals surface area (Å²) >= 11 is 3.23. The molecule has 1 rings (SSSR count). The van der Waals surface area contributed by atoms with Crippen molar-refractivity contribution in [3.63, 3.8) is 0 Å². The van der Waals surface area contributed by atoms with Crippen LogP contribution in [-0.4, -0.2) is 13.1 Å². The molecule has 0 amide bonds. The molecule has 0 aliphatic heterocycles. The number of rotatable bonds is 2. The third-order valence-corrected chi connectivity index (χ3v) is 3.08. The van der Waals surface area contributed by atoms with Gasteiger partial charge in [0.25, 0.3) is 0 Å². The number of hydrogen-bond donors (Lipinski definition) is 0. The topological polar surface area (TPSA) is 26.3 Å². The highest BCUT2D eigenvalue weighted by atomic mass is 79.9. The molecule has 0 radical (unpaired) electrons. The molecule has 2 nitrogen and oxygen atoms in total. The van der Waals surface area contributed by atoms with E-state index in [1.165, 1.54) is 26.4 Å². The van der Waals surface area contributed by atoms with E-state index in [0.29, 0.717) is 5.92 Å². The minimum absolute atomic E-state index is 0.191. The molecule has 1 aliphatic carbocycles. The lowest BCUT2D eigenvalue weighted by atomic mass is 9.84. The predicted octanol–water partition coefficient (Wildman–Crippen LogP) is 3.02. The van der Waals surface area contributed by atoms with Crippen LogP contribution in [0, 0.1) is 5.92 Å². The van der Waals surface area contributed by atoms with Crippen LogP contribution in [0.3, 0.4) is 0 Å². The van der Waals surface area contributed by atoms with E-state index in [0.717, 1.165) is 18.4 Å². The monoisotopic (exact) mass is 246 g/mol. The summed E-state index contributed by atoms with van der Waals surface area (Å²) in [6, 6.07) is 0. The van der Waals surface area contributed by atoms with Crippen LogP contribution in [0.4, 0.5) is 0 Å². The van der Waals surface area contributed by atoms with E-state index < -0.39 is 0 Å². The van der Waals surface area contributed by atoms with Crippen LogP contribution in [0.2, 0.25) is 0 Å². The molecule has 0 atom stereocenters. The van der Waals surface area contributed by atoms with Crippen molar-refractivity contribution >= 4 is 21.9 Å². The molecule has 13 heavy (non-hydrogen) atoms. The van der Waals surface area contributed by atoms with E-state index >= 15 is 0 Å². The second-order valence-corrected chi connectivity index (χ2v) is 3.85. The molecular weight excluding hydrogens is 232 g/mol. The minimum Gasteiger partial charge on any atom is -0.466 e. The van der Waals surface area contributed by atoms with E-state index in [-0.39, 0.29) is 5.97 Å². The molecule has 0 aromatic rings. The zero-order valence-corrected chi connectivity index (χ0v) is 9.47. The van der Waals surface area contributed by atoms with Gasteiger partial charge in [-0.15, -0.1) is 0 Å². The van der Waals surface area contributed by atoms with Gasteiger partial charge in [0, 0.05) is 5.57 Å². The lowest BCUT2D eigenvalue weighted by molar-refractivity contribution is -0.136. The van der Waals surface area contributed by atoms with Gasteiger partial charge in [0.15, 0.2) is 0 Å². The van der Waals surface area contributed by atoms with Crippen molar-refractivity contribution in [2.45, 2.75) is 32.1 Å². The molecular formula is C10H15BrO2. The van der Waals surface area contributed by atoms with Gasteiger partial charge in [0.05, 0.1) is 7.11 Å². The molecule has 1 fully saturated rings. The lowest BCUT2D eigenvalue weighted by Gasteiger charge is -2.22. The molecule has 0 spiro atoms. The highest BCUT2D eigenvalue weighted by Gasteiger charge is 2.22. The fourth-order valence-electron chi connectivity index (χ4n) is 1.83. The Balaban J connectivity index is 2.60. The molecule has 0 heterocycles. The summed E-state index contributed by atoms with van der Waals surface area (Å²) in [4.78, 5) is 13.0. The van der Waals surface area contributed by atoms with Gasteiger partial charge in [-0.3, -0.25) is 0 Å². The maximum atomic E-state index is 11.3. The third kappa shape index (κ3) is 2.83. The van der Waals surface area contributed by atoms with Gasteiger partial charge >= 0.3 is 5.97 Å². The van der Waals surface area contributed by atoms with Crippen LogP contribution >= 0.6 is 15.9 Å². The Bertz CT molecular complexity index is 205. The molecule has 0 saturated heterocycles. The summed E-state index contributed by atoms with van der Waals surface area (Å²) in [5.74, 6) is 0.212. The molecule has 74 valence electrons. The maximum absolute atomic E-state index is 11.3. The van der Waals surface area contributed by atoms with Crippen LogP contribution in [-0.2, 0) is 9.53 Å². The van der Waals surface area contributed by atoms with Crippen molar-refractivity contribution in [2.75, 3.05) is 7.11 Å². The molecule has 0 N–H and O–H groups in total. The molecule has 1 saturated carbocycles. The van der Waals surface area contributed by atoms with Crippen molar-refractivity contribution in [1.29, 1.82) is 0 Å². The van der Waals surface area contributed by atoms with E-state index in [1.807, 2.05) is 0 Å². The zero-order chi connectivity index (χ0) is 9.68. The number of methoxy groups -OCH3 is 1. The largest absolute Gasteiger partial charge is 0.466 e. The summed E-state index contributed by atoms with van der Waals surface area (Å²) in [6.45, 7) is 0. The van der Waals surface area contributed by atoms with E-state index in [1.54, 1.807) is 4.99 Å². The number of ether oxygens (including phenoxy) is 1. The standard InChI is InChI=1S/C10H15BrO2/c1-13-10(12)9(7-11)8-5-3-2-4-6-8/h7-8H,2-6H2,1H3. The first kappa shape index (κ1) is 10.8. The van der Waals surface area contributed by atoms with E-state index in [2.05, 4.69) is 15.9 Å². The molecule has 0 aromatic carbocycles. The van der Waals surface area contributed by atoms with Crippen LogP contribution in [0.5, 0.6) is 0 Å². The van der Waals surface area contributed by atoms with Gasteiger partial charge in [0.1, 0.15) is 0 Å². The number of esters is 1. The first-order valence-electron chi connectivity index (χ1n) is 4.68. The van der Waals surface area contributed by atoms with Gasteiger partial charge in [-0.2, -0.15) is 0 Å². The average molecular weight is 247 g/mol. The second-order valence-electron chi connectivity index (χ2n) is 3.39. The van der Waals surface area contributed by atoms with Crippen molar-refractivity contribution < 1.29 is 9.53 Å². The highest BCUT2D eigenvalue weighted by molar-refractivity contribution is 9.11. The highest BCUT2D eigenvalue weighted by Crippen LogP contribution is 2.30. The first-order valence-corrected chi connectivity index (χ1v) is 5.59. The number of carbonyl (C=O) groups is 1. The van der Waals surface area contributed by atoms with Crippen molar-refractivity contribution in [2.24, 2.45) is 5.92 Å². The summed E-state index contributed by atoms with van der Waals surface area (Å²) < 4.78 is 4.72. The summed E-state index contributed by atoms with van der Waals surface area (Å²) in [7, 11) is 1.43. The van der Waals surface area contributed by atoms with Crippen molar-refractivity contribution in [3.05, 3.63) is 10.6 Å². The lowest BCUT2D eigenvalue weighted by Crippen LogP contribution is -2.16. The summed E-state index contributed by atoms with van der Waals surface area (Å²) in [5, 5.41) is 0. The fraction of sp³-hybridized carbons (Fsp3) is 0.700. The van der Waals surface area contributed by atoms with Gasteiger partial charge in [-0.1, -0.05) is 35.2 Å². The zero-order valence-electron chi connectivity index (χ0n) is 7.88. The predicted molar refractivity (Wildman–Crippen MR) is 55.6 cm³/mol. The van der Waals surface area contributed by atoms with Gasteiger partial charge in [-0.25, -0.2) is 4.79 Å². The molecule has 0 bridgehead atoms. The van der Waals surface area contributed by atoms with Crippen LogP contribution < -0.4 is 0 Å². The van der Waals surface area contributed by atoms with Crippen molar-refractivity contribution in [1.82, 2.24) is 0 Å². The summed E-state index contributed by atoms with van der Waals surface area (Å²) in [6.07, 6.45) is 5.99. The SMILES string of the molecule is COC(=O)C(=CBr)C1CCCCC1. The Morgan fingerprint density at radius 3 is 2.46 bits per heavy atom. The Hall–Kier alpha value is -0.310. The Morgan fingerprint density at radius 2 is 2.00 bits per heavy atom. The van der Waals surface area contributed by atoms with E-state index in [4.69, 9.17) is 4.74 Å². The Labute approximate surface area is 87.5 Å². The van der Waals surface area contributed by atoms with Gasteiger partial charge < -0.3 is 4.74 Å². The fourth-order valence-corrected chi connectivity index (χ4v) is 2.39. The molecule has 3 heteroatoms. The van der Waals surface area contributed by atoms with Crippen LogP contribution in [0.1, 0.15) is 32.1 Å². The van der Waals surface area contributed by atoms with Crippen LogP contribution in [0.15, 0.2) is 10.6 Å². The first-order chi connectivity index (χ1) is 6.29. The summed E-state index contributed by atoms with van der Waals surface area (Å²) in [5.41, 5.74) is 0.794. The minimum atomic E-state index is -0.191. The third-order valence-electron chi connectivity index (χ3n) is 2.58. The number of halogens is 1. The van der Waals surface area contributed by atoms with E-state index in [9.17, 15) is 4.79 Å².